The van der Waals surface area contributed by atoms with Gasteiger partial charge in [0.05, 0.1) is 6.61 Å². The Kier molecular flexibility index (Phi) is 12.6. The van der Waals surface area contributed by atoms with Crippen LogP contribution in [0.1, 0.15) is 25.3 Å². The van der Waals surface area contributed by atoms with E-state index < -0.39 is 0 Å². The first-order chi connectivity index (χ1) is 12.7. The van der Waals surface area contributed by atoms with Crippen LogP contribution in [0, 0.1) is 11.7 Å². The summed E-state index contributed by atoms with van der Waals surface area (Å²) in [6, 6.07) is 6.93. The lowest BCUT2D eigenvalue weighted by molar-refractivity contribution is 0.121. The second kappa shape index (κ2) is 14.1. The lowest BCUT2D eigenvalue weighted by atomic mass is 9.97. The molecule has 1 saturated heterocycles. The molecule has 0 aliphatic carbocycles. The molecule has 5 nitrogen and oxygen atoms in total. The van der Waals surface area contributed by atoms with Crippen molar-refractivity contribution in [2.75, 3.05) is 53.0 Å². The van der Waals surface area contributed by atoms with Gasteiger partial charge in [-0.25, -0.2) is 4.39 Å². The quantitative estimate of drug-likeness (QED) is 0.316. The number of methoxy groups -OCH3 is 1. The van der Waals surface area contributed by atoms with Crippen molar-refractivity contribution >= 4 is 29.9 Å². The van der Waals surface area contributed by atoms with Crippen LogP contribution in [-0.2, 0) is 11.2 Å². The third-order valence-electron chi connectivity index (χ3n) is 4.82. The van der Waals surface area contributed by atoms with Gasteiger partial charge in [-0.1, -0.05) is 18.2 Å². The average molecular weight is 492 g/mol. The van der Waals surface area contributed by atoms with Crippen molar-refractivity contribution in [3.63, 3.8) is 0 Å². The number of piperidine rings is 1. The maximum Gasteiger partial charge on any atom is 0.191 e. The zero-order valence-corrected chi connectivity index (χ0v) is 18.9. The van der Waals surface area contributed by atoms with E-state index in [1.54, 1.807) is 13.2 Å². The Morgan fingerprint density at radius 1 is 1.26 bits per heavy atom. The van der Waals surface area contributed by atoms with E-state index in [0.717, 1.165) is 50.9 Å². The van der Waals surface area contributed by atoms with Gasteiger partial charge in [0.1, 0.15) is 5.82 Å². The van der Waals surface area contributed by atoms with Crippen molar-refractivity contribution in [2.24, 2.45) is 10.9 Å². The molecule has 1 aromatic rings. The van der Waals surface area contributed by atoms with Gasteiger partial charge in [0.2, 0.25) is 0 Å². The fourth-order valence-electron chi connectivity index (χ4n) is 3.19. The zero-order chi connectivity index (χ0) is 18.6. The van der Waals surface area contributed by atoms with Crippen LogP contribution in [0.25, 0.3) is 0 Å². The molecule has 7 heteroatoms. The number of rotatable bonds is 9. The summed E-state index contributed by atoms with van der Waals surface area (Å²) in [5, 5.41) is 6.60. The highest BCUT2D eigenvalue weighted by Gasteiger charge is 2.18. The first-order valence-corrected chi connectivity index (χ1v) is 9.69. The second-order valence-electron chi connectivity index (χ2n) is 6.77. The molecule has 0 radical (unpaired) electrons. The standard InChI is InChI=1S/C20H33FN4O.HI/c1-3-22-20(23-11-8-18-6-4-5-7-19(18)21)24-16-17-9-12-25(13-10-17)14-15-26-2;/h4-7,17H,3,8-16H2,1-2H3,(H2,22,23,24);1H. The molecule has 27 heavy (non-hydrogen) atoms. The third kappa shape index (κ3) is 9.21. The summed E-state index contributed by atoms with van der Waals surface area (Å²) in [5.41, 5.74) is 0.735. The van der Waals surface area contributed by atoms with E-state index in [0.29, 0.717) is 18.9 Å². The number of guanidine groups is 1. The van der Waals surface area contributed by atoms with Crippen molar-refractivity contribution in [3.8, 4) is 0 Å². The SMILES string of the molecule is CCNC(=NCC1CCN(CCOC)CC1)NCCc1ccccc1F.I. The summed E-state index contributed by atoms with van der Waals surface area (Å²) < 4.78 is 18.8. The first kappa shape index (κ1) is 24.1. The Bertz CT molecular complexity index is 551. The number of likely N-dealkylation sites (tertiary alicyclic amines) is 1. The zero-order valence-electron chi connectivity index (χ0n) is 16.5. The van der Waals surface area contributed by atoms with Gasteiger partial charge in [-0.2, -0.15) is 0 Å². The molecule has 154 valence electrons. The van der Waals surface area contributed by atoms with E-state index in [2.05, 4.69) is 22.5 Å². The summed E-state index contributed by atoms with van der Waals surface area (Å²) in [5.74, 6) is 1.32. The Morgan fingerprint density at radius 3 is 2.67 bits per heavy atom. The van der Waals surface area contributed by atoms with E-state index in [1.165, 1.54) is 18.9 Å². The number of hydrogen-bond acceptors (Lipinski definition) is 3. The molecular weight excluding hydrogens is 458 g/mol. The van der Waals surface area contributed by atoms with Gasteiger partial charge in [0, 0.05) is 33.3 Å². The number of nitrogens with one attached hydrogen (secondary N) is 2. The largest absolute Gasteiger partial charge is 0.383 e. The molecule has 0 amide bonds. The van der Waals surface area contributed by atoms with E-state index >= 15 is 0 Å². The van der Waals surface area contributed by atoms with Crippen molar-refractivity contribution in [1.82, 2.24) is 15.5 Å². The van der Waals surface area contributed by atoms with Crippen LogP contribution in [0.15, 0.2) is 29.3 Å². The van der Waals surface area contributed by atoms with Gasteiger partial charge in [-0.3, -0.25) is 4.99 Å². The molecule has 0 aromatic heterocycles. The number of aliphatic imine (C=N–C) groups is 1. The van der Waals surface area contributed by atoms with E-state index in [1.807, 2.05) is 12.1 Å². The Labute approximate surface area is 180 Å². The van der Waals surface area contributed by atoms with Gasteiger partial charge < -0.3 is 20.3 Å². The summed E-state index contributed by atoms with van der Waals surface area (Å²) >= 11 is 0. The molecule has 0 saturated carbocycles. The highest BCUT2D eigenvalue weighted by molar-refractivity contribution is 14.0. The number of ether oxygens (including phenoxy) is 1. The molecule has 1 heterocycles. The fraction of sp³-hybridized carbons (Fsp3) is 0.650. The second-order valence-corrected chi connectivity index (χ2v) is 6.77. The maximum absolute atomic E-state index is 13.7. The third-order valence-corrected chi connectivity index (χ3v) is 4.82. The van der Waals surface area contributed by atoms with Crippen molar-refractivity contribution in [1.29, 1.82) is 0 Å². The van der Waals surface area contributed by atoms with Gasteiger partial charge >= 0.3 is 0 Å². The van der Waals surface area contributed by atoms with Crippen LogP contribution in [-0.4, -0.2) is 63.8 Å². The lowest BCUT2D eigenvalue weighted by Gasteiger charge is -2.31. The smallest absolute Gasteiger partial charge is 0.191 e. The predicted octanol–water partition coefficient (Wildman–Crippen LogP) is 2.90. The lowest BCUT2D eigenvalue weighted by Crippen LogP contribution is -2.40. The van der Waals surface area contributed by atoms with Crippen LogP contribution >= 0.6 is 24.0 Å². The number of benzene rings is 1. The van der Waals surface area contributed by atoms with Gasteiger partial charge in [0.25, 0.3) is 0 Å². The number of halogens is 2. The maximum atomic E-state index is 13.7. The van der Waals surface area contributed by atoms with Crippen molar-refractivity contribution in [3.05, 3.63) is 35.6 Å². The molecule has 0 bridgehead atoms. The summed E-state index contributed by atoms with van der Waals surface area (Å²) in [6.45, 7) is 8.46. The summed E-state index contributed by atoms with van der Waals surface area (Å²) in [4.78, 5) is 7.20. The predicted molar refractivity (Wildman–Crippen MR) is 121 cm³/mol. The summed E-state index contributed by atoms with van der Waals surface area (Å²) in [6.07, 6.45) is 3.01. The fourth-order valence-corrected chi connectivity index (χ4v) is 3.19. The summed E-state index contributed by atoms with van der Waals surface area (Å²) in [7, 11) is 1.75. The molecule has 0 atom stereocenters. The topological polar surface area (TPSA) is 48.9 Å². The molecule has 1 aromatic carbocycles. The van der Waals surface area contributed by atoms with Crippen LogP contribution in [0.2, 0.25) is 0 Å². The van der Waals surface area contributed by atoms with Crippen LogP contribution in [0.5, 0.6) is 0 Å². The Morgan fingerprint density at radius 2 is 2.00 bits per heavy atom. The minimum Gasteiger partial charge on any atom is -0.383 e. The highest BCUT2D eigenvalue weighted by atomic mass is 127. The first-order valence-electron chi connectivity index (χ1n) is 9.69. The molecular formula is C20H34FIN4O. The minimum atomic E-state index is -0.142. The van der Waals surface area contributed by atoms with Gasteiger partial charge in [-0.15, -0.1) is 24.0 Å². The minimum absolute atomic E-state index is 0. The van der Waals surface area contributed by atoms with E-state index in [9.17, 15) is 4.39 Å². The Hall–Kier alpha value is -0.930. The molecule has 1 fully saturated rings. The van der Waals surface area contributed by atoms with Crippen LogP contribution in [0.4, 0.5) is 4.39 Å². The molecule has 2 rings (SSSR count). The number of hydrogen-bond donors (Lipinski definition) is 2. The number of nitrogens with zero attached hydrogens (tertiary/aromatic N) is 2. The van der Waals surface area contributed by atoms with Crippen LogP contribution < -0.4 is 10.6 Å². The molecule has 1 aliphatic rings. The van der Waals surface area contributed by atoms with E-state index in [4.69, 9.17) is 9.73 Å². The van der Waals surface area contributed by atoms with Gasteiger partial charge in [0.15, 0.2) is 5.96 Å². The van der Waals surface area contributed by atoms with Crippen LogP contribution in [0.3, 0.4) is 0 Å². The van der Waals surface area contributed by atoms with Crippen molar-refractivity contribution in [2.45, 2.75) is 26.2 Å². The Balaban J connectivity index is 0.00000364. The molecule has 0 unspecified atom stereocenters. The molecule has 0 spiro atoms. The molecule has 2 N–H and O–H groups in total. The molecule has 1 aliphatic heterocycles. The van der Waals surface area contributed by atoms with Gasteiger partial charge in [-0.05, 0) is 56.8 Å². The average Bonchev–Trinajstić information content (AvgIpc) is 2.67. The monoisotopic (exact) mass is 492 g/mol. The highest BCUT2D eigenvalue weighted by Crippen LogP contribution is 2.17. The normalized spacial score (nSPS) is 16.0. The van der Waals surface area contributed by atoms with Crippen molar-refractivity contribution < 1.29 is 9.13 Å². The van der Waals surface area contributed by atoms with E-state index in [-0.39, 0.29) is 29.8 Å².